The normalized spacial score (nSPS) is 10.2. The minimum atomic E-state index is -0.255. The van der Waals surface area contributed by atoms with E-state index in [0.29, 0.717) is 23.1 Å². The molecule has 0 fully saturated rings. The first-order chi connectivity index (χ1) is 10.1. The van der Waals surface area contributed by atoms with Crippen molar-refractivity contribution in [1.82, 2.24) is 9.97 Å². The Balaban J connectivity index is 2.17. The summed E-state index contributed by atoms with van der Waals surface area (Å²) in [6.07, 6.45) is 2.28. The van der Waals surface area contributed by atoms with Gasteiger partial charge < -0.3 is 10.1 Å². The minimum Gasteiger partial charge on any atom is -0.426 e. The van der Waals surface area contributed by atoms with Crippen LogP contribution in [0.4, 0.5) is 11.5 Å². The summed E-state index contributed by atoms with van der Waals surface area (Å²) in [5.41, 5.74) is 1.70. The Bertz CT molecular complexity index is 647. The maximum atomic E-state index is 11.3. The Morgan fingerprint density at radius 1 is 1.33 bits per heavy atom. The number of nitrogens with one attached hydrogen (secondary N) is 1. The molecule has 0 amide bonds. The van der Waals surface area contributed by atoms with Gasteiger partial charge >= 0.3 is 5.97 Å². The number of esters is 1. The second-order valence-corrected chi connectivity index (χ2v) is 5.14. The number of aromatic nitrogens is 2. The Morgan fingerprint density at radius 2 is 2.14 bits per heavy atom. The SMILES string of the molecule is CCC(=O)Oc1cccc(Nc2cc(C)nc(SC)n2)c1. The zero-order valence-corrected chi connectivity index (χ0v) is 13.0. The Morgan fingerprint density at radius 3 is 2.86 bits per heavy atom. The monoisotopic (exact) mass is 303 g/mol. The van der Waals surface area contributed by atoms with Crippen molar-refractivity contribution in [3.05, 3.63) is 36.0 Å². The van der Waals surface area contributed by atoms with Crippen LogP contribution in [-0.2, 0) is 4.79 Å². The van der Waals surface area contributed by atoms with Crippen molar-refractivity contribution in [2.45, 2.75) is 25.4 Å². The number of aryl methyl sites for hydroxylation is 1. The van der Waals surface area contributed by atoms with Gasteiger partial charge in [0.05, 0.1) is 0 Å². The minimum absolute atomic E-state index is 0.255. The van der Waals surface area contributed by atoms with Crippen LogP contribution in [0.5, 0.6) is 5.75 Å². The smallest absolute Gasteiger partial charge is 0.310 e. The highest BCUT2D eigenvalue weighted by Gasteiger charge is 2.05. The number of benzene rings is 1. The van der Waals surface area contributed by atoms with Gasteiger partial charge in [-0.05, 0) is 25.3 Å². The average molecular weight is 303 g/mol. The third-order valence-electron chi connectivity index (χ3n) is 2.64. The van der Waals surface area contributed by atoms with Crippen molar-refractivity contribution in [2.75, 3.05) is 11.6 Å². The van der Waals surface area contributed by atoms with E-state index in [-0.39, 0.29) is 5.97 Å². The number of hydrogen-bond donors (Lipinski definition) is 1. The van der Waals surface area contributed by atoms with E-state index in [1.807, 2.05) is 31.4 Å². The summed E-state index contributed by atoms with van der Waals surface area (Å²) in [7, 11) is 0. The number of carbonyl (C=O) groups is 1. The van der Waals surface area contributed by atoms with Crippen LogP contribution in [0.25, 0.3) is 0 Å². The number of thioether (sulfide) groups is 1. The molecule has 0 atom stereocenters. The molecule has 0 aliphatic rings. The van der Waals surface area contributed by atoms with E-state index < -0.39 is 0 Å². The van der Waals surface area contributed by atoms with Gasteiger partial charge in [0, 0.05) is 29.9 Å². The van der Waals surface area contributed by atoms with E-state index in [1.165, 1.54) is 11.8 Å². The summed E-state index contributed by atoms with van der Waals surface area (Å²) in [5.74, 6) is 0.975. The van der Waals surface area contributed by atoms with Crippen LogP contribution < -0.4 is 10.1 Å². The molecule has 5 nitrogen and oxygen atoms in total. The molecule has 0 saturated heterocycles. The number of rotatable bonds is 5. The molecule has 6 heteroatoms. The molecule has 0 radical (unpaired) electrons. The Hall–Kier alpha value is -2.08. The first-order valence-corrected chi connectivity index (χ1v) is 7.80. The third kappa shape index (κ3) is 4.46. The number of anilines is 2. The molecular formula is C15H17N3O2S. The van der Waals surface area contributed by atoms with Crippen LogP contribution in [0.2, 0.25) is 0 Å². The van der Waals surface area contributed by atoms with Gasteiger partial charge in [0.2, 0.25) is 0 Å². The molecule has 21 heavy (non-hydrogen) atoms. The summed E-state index contributed by atoms with van der Waals surface area (Å²) in [6, 6.07) is 9.09. The maximum absolute atomic E-state index is 11.3. The van der Waals surface area contributed by atoms with Crippen LogP contribution in [0.15, 0.2) is 35.5 Å². The quantitative estimate of drug-likeness (QED) is 0.394. The molecule has 0 saturated carbocycles. The van der Waals surface area contributed by atoms with Gasteiger partial charge in [-0.15, -0.1) is 0 Å². The highest BCUT2D eigenvalue weighted by molar-refractivity contribution is 7.98. The lowest BCUT2D eigenvalue weighted by molar-refractivity contribution is -0.134. The van der Waals surface area contributed by atoms with Gasteiger partial charge in [-0.25, -0.2) is 9.97 Å². The van der Waals surface area contributed by atoms with E-state index in [2.05, 4.69) is 15.3 Å². The molecule has 2 rings (SSSR count). The van der Waals surface area contributed by atoms with E-state index in [9.17, 15) is 4.79 Å². The molecular weight excluding hydrogens is 286 g/mol. The lowest BCUT2D eigenvalue weighted by atomic mass is 10.3. The molecule has 0 aliphatic carbocycles. The topological polar surface area (TPSA) is 64.1 Å². The van der Waals surface area contributed by atoms with Crippen molar-refractivity contribution in [3.8, 4) is 5.75 Å². The predicted octanol–water partition coefficient (Wildman–Crippen LogP) is 3.57. The number of hydrogen-bond acceptors (Lipinski definition) is 6. The molecule has 1 aromatic carbocycles. The largest absolute Gasteiger partial charge is 0.426 e. The van der Waals surface area contributed by atoms with E-state index in [1.54, 1.807) is 19.1 Å². The second-order valence-electron chi connectivity index (χ2n) is 4.36. The van der Waals surface area contributed by atoms with Crippen molar-refractivity contribution in [3.63, 3.8) is 0 Å². The van der Waals surface area contributed by atoms with Gasteiger partial charge in [-0.2, -0.15) is 0 Å². The van der Waals surface area contributed by atoms with E-state index >= 15 is 0 Å². The van der Waals surface area contributed by atoms with Gasteiger partial charge in [0.25, 0.3) is 0 Å². The van der Waals surface area contributed by atoms with E-state index in [4.69, 9.17) is 4.74 Å². The highest BCUT2D eigenvalue weighted by Crippen LogP contribution is 2.22. The zero-order valence-electron chi connectivity index (χ0n) is 12.2. The summed E-state index contributed by atoms with van der Waals surface area (Å²) in [6.45, 7) is 3.68. The summed E-state index contributed by atoms with van der Waals surface area (Å²) in [5, 5.41) is 3.91. The standard InChI is InChI=1S/C15H17N3O2S/c1-4-14(19)20-12-7-5-6-11(9-12)17-13-8-10(2)16-15(18-13)21-3/h5-9H,4H2,1-3H3,(H,16,17,18). The third-order valence-corrected chi connectivity index (χ3v) is 3.19. The second kappa shape index (κ2) is 7.08. The first-order valence-electron chi connectivity index (χ1n) is 6.58. The average Bonchev–Trinajstić information content (AvgIpc) is 2.46. The summed E-state index contributed by atoms with van der Waals surface area (Å²) < 4.78 is 5.19. The van der Waals surface area contributed by atoms with Crippen LogP contribution >= 0.6 is 11.8 Å². The number of carbonyl (C=O) groups excluding carboxylic acids is 1. The van der Waals surface area contributed by atoms with Gasteiger partial charge in [-0.1, -0.05) is 24.8 Å². The van der Waals surface area contributed by atoms with E-state index in [0.717, 1.165) is 11.4 Å². The Labute approximate surface area is 128 Å². The molecule has 110 valence electrons. The molecule has 1 aromatic heterocycles. The molecule has 1 N–H and O–H groups in total. The van der Waals surface area contributed by atoms with Crippen LogP contribution in [0, 0.1) is 6.92 Å². The molecule has 0 unspecified atom stereocenters. The van der Waals surface area contributed by atoms with Crippen LogP contribution in [0.1, 0.15) is 19.0 Å². The number of nitrogens with zero attached hydrogens (tertiary/aromatic N) is 2. The van der Waals surface area contributed by atoms with Crippen molar-refractivity contribution in [2.24, 2.45) is 0 Å². The van der Waals surface area contributed by atoms with Crippen LogP contribution in [0.3, 0.4) is 0 Å². The fourth-order valence-corrected chi connectivity index (χ4v) is 2.11. The molecule has 0 bridgehead atoms. The van der Waals surface area contributed by atoms with Crippen molar-refractivity contribution in [1.29, 1.82) is 0 Å². The number of ether oxygens (including phenoxy) is 1. The molecule has 0 spiro atoms. The van der Waals surface area contributed by atoms with Gasteiger partial charge in [0.1, 0.15) is 11.6 Å². The lowest BCUT2D eigenvalue weighted by Crippen LogP contribution is -2.05. The summed E-state index contributed by atoms with van der Waals surface area (Å²) in [4.78, 5) is 20.0. The van der Waals surface area contributed by atoms with Crippen molar-refractivity contribution < 1.29 is 9.53 Å². The molecule has 0 aliphatic heterocycles. The maximum Gasteiger partial charge on any atom is 0.310 e. The first kappa shape index (κ1) is 15.3. The molecule has 2 aromatic rings. The lowest BCUT2D eigenvalue weighted by Gasteiger charge is -2.09. The predicted molar refractivity (Wildman–Crippen MR) is 84.2 cm³/mol. The molecule has 1 heterocycles. The van der Waals surface area contributed by atoms with Gasteiger partial charge in [0.15, 0.2) is 5.16 Å². The summed E-state index contributed by atoms with van der Waals surface area (Å²) >= 11 is 1.49. The van der Waals surface area contributed by atoms with Crippen LogP contribution in [-0.4, -0.2) is 22.2 Å². The van der Waals surface area contributed by atoms with Gasteiger partial charge in [-0.3, -0.25) is 4.79 Å². The fourth-order valence-electron chi connectivity index (χ4n) is 1.69. The highest BCUT2D eigenvalue weighted by atomic mass is 32.2. The van der Waals surface area contributed by atoms with Crippen molar-refractivity contribution >= 4 is 29.2 Å². The Kier molecular flexibility index (Phi) is 5.16. The zero-order chi connectivity index (χ0) is 15.2. The fraction of sp³-hybridized carbons (Fsp3) is 0.267.